The maximum Gasteiger partial charge on any atom is 0.237 e. The van der Waals surface area contributed by atoms with Gasteiger partial charge in [0.2, 0.25) is 11.8 Å². The fourth-order valence-corrected chi connectivity index (χ4v) is 3.03. The summed E-state index contributed by atoms with van der Waals surface area (Å²) in [5, 5.41) is 0. The Morgan fingerprint density at radius 2 is 1.61 bits per heavy atom. The molecular formula is C14H16N2O2. The average Bonchev–Trinajstić information content (AvgIpc) is 2.95. The highest BCUT2D eigenvalue weighted by Gasteiger charge is 2.50. The normalized spacial score (nSPS) is 26.8. The summed E-state index contributed by atoms with van der Waals surface area (Å²) in [6.45, 7) is 0.466. The van der Waals surface area contributed by atoms with Crippen LogP contribution >= 0.6 is 0 Å². The van der Waals surface area contributed by atoms with Gasteiger partial charge in [0.15, 0.2) is 0 Å². The summed E-state index contributed by atoms with van der Waals surface area (Å²) in [7, 11) is 0. The van der Waals surface area contributed by atoms with Gasteiger partial charge in [-0.25, -0.2) is 0 Å². The lowest BCUT2D eigenvalue weighted by Gasteiger charge is -2.16. The summed E-state index contributed by atoms with van der Waals surface area (Å²) in [6, 6.07) is 7.34. The van der Waals surface area contributed by atoms with Gasteiger partial charge in [-0.05, 0) is 30.5 Å². The largest absolute Gasteiger partial charge is 0.326 e. The standard InChI is InChI=1S/C14H16N2O2/c15-8-9-4-6-10(7-5-9)16-13(17)11-2-1-3-12(11)14(16)18/h4-7,11-12H,1-3,8,15H2. The Balaban J connectivity index is 1.92. The third-order valence-corrected chi connectivity index (χ3v) is 4.02. The highest BCUT2D eigenvalue weighted by atomic mass is 16.2. The molecule has 0 aromatic heterocycles. The molecule has 1 aliphatic carbocycles. The Morgan fingerprint density at radius 1 is 1.06 bits per heavy atom. The van der Waals surface area contributed by atoms with Crippen molar-refractivity contribution in [3.63, 3.8) is 0 Å². The van der Waals surface area contributed by atoms with Crippen molar-refractivity contribution in [2.75, 3.05) is 4.90 Å². The van der Waals surface area contributed by atoms with Crippen LogP contribution in [0.15, 0.2) is 24.3 Å². The molecule has 1 saturated heterocycles. The van der Waals surface area contributed by atoms with E-state index < -0.39 is 0 Å². The molecule has 1 aliphatic heterocycles. The molecular weight excluding hydrogens is 228 g/mol. The highest BCUT2D eigenvalue weighted by Crippen LogP contribution is 2.41. The van der Waals surface area contributed by atoms with Crippen LogP contribution in [0, 0.1) is 11.8 Å². The third-order valence-electron chi connectivity index (χ3n) is 4.02. The van der Waals surface area contributed by atoms with E-state index in [0.29, 0.717) is 12.2 Å². The average molecular weight is 244 g/mol. The maximum absolute atomic E-state index is 12.2. The van der Waals surface area contributed by atoms with Gasteiger partial charge in [-0.2, -0.15) is 0 Å². The number of imide groups is 1. The minimum absolute atomic E-state index is 0.0250. The van der Waals surface area contributed by atoms with Crippen LogP contribution in [0.2, 0.25) is 0 Å². The Kier molecular flexibility index (Phi) is 2.67. The SMILES string of the molecule is NCc1ccc(N2C(=O)C3CCCC3C2=O)cc1. The zero-order valence-electron chi connectivity index (χ0n) is 10.1. The molecule has 1 heterocycles. The molecule has 1 aromatic carbocycles. The van der Waals surface area contributed by atoms with Crippen molar-refractivity contribution in [2.24, 2.45) is 17.6 Å². The lowest BCUT2D eigenvalue weighted by Crippen LogP contribution is -2.31. The van der Waals surface area contributed by atoms with E-state index in [1.807, 2.05) is 12.1 Å². The van der Waals surface area contributed by atoms with Crippen LogP contribution in [-0.4, -0.2) is 11.8 Å². The third kappa shape index (κ3) is 1.56. The Labute approximate surface area is 106 Å². The first-order chi connectivity index (χ1) is 8.72. The molecule has 4 nitrogen and oxygen atoms in total. The molecule has 2 atom stereocenters. The number of anilines is 1. The summed E-state index contributed by atoms with van der Waals surface area (Å²) < 4.78 is 0. The van der Waals surface area contributed by atoms with E-state index in [4.69, 9.17) is 5.73 Å². The zero-order valence-corrected chi connectivity index (χ0v) is 10.1. The number of amides is 2. The number of fused-ring (bicyclic) bond motifs is 1. The Morgan fingerprint density at radius 3 is 2.11 bits per heavy atom. The fourth-order valence-electron chi connectivity index (χ4n) is 3.03. The molecule has 0 radical (unpaired) electrons. The van der Waals surface area contributed by atoms with E-state index in [-0.39, 0.29) is 23.7 Å². The number of nitrogens with two attached hydrogens (primary N) is 1. The first-order valence-corrected chi connectivity index (χ1v) is 6.39. The van der Waals surface area contributed by atoms with Crippen LogP contribution in [0.5, 0.6) is 0 Å². The second-order valence-corrected chi connectivity index (χ2v) is 5.03. The molecule has 2 aliphatic rings. The van der Waals surface area contributed by atoms with Crippen molar-refractivity contribution in [2.45, 2.75) is 25.8 Å². The molecule has 2 amide bonds. The number of hydrogen-bond donors (Lipinski definition) is 1. The molecule has 1 aromatic rings. The Bertz CT molecular complexity index is 473. The minimum atomic E-state index is -0.0771. The monoisotopic (exact) mass is 244 g/mol. The van der Waals surface area contributed by atoms with Crippen molar-refractivity contribution in [3.05, 3.63) is 29.8 Å². The molecule has 0 bridgehead atoms. The van der Waals surface area contributed by atoms with E-state index in [1.165, 1.54) is 4.90 Å². The van der Waals surface area contributed by atoms with Crippen molar-refractivity contribution in [1.29, 1.82) is 0 Å². The number of carbonyl (C=O) groups excluding carboxylic acids is 2. The summed E-state index contributed by atoms with van der Waals surface area (Å²) in [5.41, 5.74) is 7.21. The summed E-state index contributed by atoms with van der Waals surface area (Å²) in [5.74, 6) is -0.204. The van der Waals surface area contributed by atoms with Crippen molar-refractivity contribution < 1.29 is 9.59 Å². The number of hydrogen-bond acceptors (Lipinski definition) is 3. The first-order valence-electron chi connectivity index (χ1n) is 6.39. The smallest absolute Gasteiger partial charge is 0.237 e. The van der Waals surface area contributed by atoms with Gasteiger partial charge in [0, 0.05) is 6.54 Å². The summed E-state index contributed by atoms with van der Waals surface area (Å²) in [6.07, 6.45) is 2.70. The summed E-state index contributed by atoms with van der Waals surface area (Å²) in [4.78, 5) is 25.8. The van der Waals surface area contributed by atoms with Crippen LogP contribution in [0.1, 0.15) is 24.8 Å². The van der Waals surface area contributed by atoms with Crippen LogP contribution in [-0.2, 0) is 16.1 Å². The van der Waals surface area contributed by atoms with Gasteiger partial charge in [0.25, 0.3) is 0 Å². The first kappa shape index (κ1) is 11.4. The number of benzene rings is 1. The number of rotatable bonds is 2. The van der Waals surface area contributed by atoms with Crippen molar-refractivity contribution >= 4 is 17.5 Å². The fraction of sp³-hybridized carbons (Fsp3) is 0.429. The van der Waals surface area contributed by atoms with E-state index in [0.717, 1.165) is 24.8 Å². The van der Waals surface area contributed by atoms with Crippen molar-refractivity contribution in [3.8, 4) is 0 Å². The van der Waals surface area contributed by atoms with Gasteiger partial charge in [0.1, 0.15) is 0 Å². The van der Waals surface area contributed by atoms with Crippen LogP contribution in [0.4, 0.5) is 5.69 Å². The molecule has 94 valence electrons. The maximum atomic E-state index is 12.2. The van der Waals surface area contributed by atoms with Crippen LogP contribution in [0.3, 0.4) is 0 Å². The van der Waals surface area contributed by atoms with Gasteiger partial charge >= 0.3 is 0 Å². The second-order valence-electron chi connectivity index (χ2n) is 5.03. The molecule has 1 saturated carbocycles. The lowest BCUT2D eigenvalue weighted by molar-refractivity contribution is -0.122. The molecule has 2 unspecified atom stereocenters. The number of nitrogens with zero attached hydrogens (tertiary/aromatic N) is 1. The van der Waals surface area contributed by atoms with Gasteiger partial charge in [-0.15, -0.1) is 0 Å². The van der Waals surface area contributed by atoms with E-state index in [1.54, 1.807) is 12.1 Å². The molecule has 18 heavy (non-hydrogen) atoms. The van der Waals surface area contributed by atoms with E-state index >= 15 is 0 Å². The van der Waals surface area contributed by atoms with Gasteiger partial charge < -0.3 is 5.73 Å². The van der Waals surface area contributed by atoms with Gasteiger partial charge in [0.05, 0.1) is 17.5 Å². The molecule has 3 rings (SSSR count). The van der Waals surface area contributed by atoms with Crippen molar-refractivity contribution in [1.82, 2.24) is 0 Å². The van der Waals surface area contributed by atoms with Gasteiger partial charge in [-0.3, -0.25) is 14.5 Å². The quantitative estimate of drug-likeness (QED) is 0.800. The molecule has 4 heteroatoms. The van der Waals surface area contributed by atoms with E-state index in [9.17, 15) is 9.59 Å². The highest BCUT2D eigenvalue weighted by molar-refractivity contribution is 6.22. The van der Waals surface area contributed by atoms with E-state index in [2.05, 4.69) is 0 Å². The molecule has 2 fully saturated rings. The molecule has 2 N–H and O–H groups in total. The zero-order chi connectivity index (χ0) is 12.7. The second kappa shape index (κ2) is 4.21. The Hall–Kier alpha value is -1.68. The topological polar surface area (TPSA) is 63.4 Å². The number of carbonyl (C=O) groups is 2. The predicted octanol–water partition coefficient (Wildman–Crippen LogP) is 1.43. The molecule has 0 spiro atoms. The summed E-state index contributed by atoms with van der Waals surface area (Å²) >= 11 is 0. The van der Waals surface area contributed by atoms with Crippen LogP contribution < -0.4 is 10.6 Å². The minimum Gasteiger partial charge on any atom is -0.326 e. The predicted molar refractivity (Wildman–Crippen MR) is 67.7 cm³/mol. The van der Waals surface area contributed by atoms with Gasteiger partial charge in [-0.1, -0.05) is 18.6 Å². The lowest BCUT2D eigenvalue weighted by atomic mass is 10.00. The van der Waals surface area contributed by atoms with Crippen LogP contribution in [0.25, 0.3) is 0 Å².